The molecule has 1 atom stereocenters. The summed E-state index contributed by atoms with van der Waals surface area (Å²) in [6.07, 6.45) is -0.953. The maximum Gasteiger partial charge on any atom is 0.270 e. The fourth-order valence-electron chi connectivity index (χ4n) is 3.36. The van der Waals surface area contributed by atoms with E-state index in [1.54, 1.807) is 60.7 Å². The van der Waals surface area contributed by atoms with Gasteiger partial charge in [-0.1, -0.05) is 42.5 Å². The first-order valence-electron chi connectivity index (χ1n) is 10.1. The fraction of sp³-hybridized carbons (Fsp3) is 0.0400. The van der Waals surface area contributed by atoms with E-state index in [4.69, 9.17) is 15.9 Å². The van der Waals surface area contributed by atoms with E-state index in [1.807, 2.05) is 18.2 Å². The molecule has 4 rings (SSSR count). The highest BCUT2D eigenvalue weighted by molar-refractivity contribution is 5.96. The number of hydrogen-bond acceptors (Lipinski definition) is 5. The highest BCUT2D eigenvalue weighted by atomic mass is 16.5. The number of benzene rings is 3. The van der Waals surface area contributed by atoms with Crippen molar-refractivity contribution < 1.29 is 19.7 Å². The second-order valence-electron chi connectivity index (χ2n) is 7.27. The molecule has 166 valence electrons. The Balaban J connectivity index is 1.57. The monoisotopic (exact) mass is 442 g/mol. The van der Waals surface area contributed by atoms with Crippen molar-refractivity contribution in [3.8, 4) is 23.2 Å². The van der Waals surface area contributed by atoms with Crippen LogP contribution in [0.15, 0.2) is 91.0 Å². The maximum absolute atomic E-state index is 13.2. The zero-order valence-corrected chi connectivity index (χ0v) is 17.5. The summed E-state index contributed by atoms with van der Waals surface area (Å²) in [6.45, 7) is 0. The molecule has 33 heavy (non-hydrogen) atoms. The van der Waals surface area contributed by atoms with Gasteiger partial charge >= 0.3 is 0 Å². The van der Waals surface area contributed by atoms with Crippen molar-refractivity contribution >= 4 is 17.4 Å². The summed E-state index contributed by atoms with van der Waals surface area (Å²) < 4.78 is 7.27. The first-order chi connectivity index (χ1) is 15.9. The van der Waals surface area contributed by atoms with Crippen molar-refractivity contribution in [3.05, 3.63) is 102 Å². The lowest BCUT2D eigenvalue weighted by atomic mass is 10.1. The van der Waals surface area contributed by atoms with E-state index in [0.29, 0.717) is 28.3 Å². The van der Waals surface area contributed by atoms with Crippen LogP contribution in [-0.4, -0.2) is 26.5 Å². The van der Waals surface area contributed by atoms with Gasteiger partial charge in [-0.3, -0.25) is 14.8 Å². The van der Waals surface area contributed by atoms with Crippen LogP contribution in [-0.2, 0) is 4.79 Å². The number of nitrogens with zero attached hydrogens (tertiary/aromatic N) is 1. The second kappa shape index (κ2) is 9.19. The zero-order valence-electron chi connectivity index (χ0n) is 17.5. The molecule has 1 aromatic heterocycles. The van der Waals surface area contributed by atoms with Crippen LogP contribution in [0.2, 0.25) is 0 Å². The Morgan fingerprint density at radius 1 is 0.909 bits per heavy atom. The molecule has 0 fully saturated rings. The number of nitrogens with two attached hydrogens (primary N) is 1. The van der Waals surface area contributed by atoms with Gasteiger partial charge < -0.3 is 26.0 Å². The quantitative estimate of drug-likeness (QED) is 0.218. The van der Waals surface area contributed by atoms with Gasteiger partial charge in [-0.05, 0) is 36.4 Å². The van der Waals surface area contributed by atoms with Crippen LogP contribution < -0.4 is 15.8 Å². The van der Waals surface area contributed by atoms with Gasteiger partial charge in [0.15, 0.2) is 11.8 Å². The van der Waals surface area contributed by atoms with E-state index >= 15 is 0 Å². The summed E-state index contributed by atoms with van der Waals surface area (Å²) in [5.41, 5.74) is 7.76. The van der Waals surface area contributed by atoms with E-state index in [0.717, 1.165) is 0 Å². The number of carbonyl (C=O) groups is 1. The highest BCUT2D eigenvalue weighted by Crippen LogP contribution is 2.28. The topological polar surface area (TPSA) is 134 Å². The molecule has 8 nitrogen and oxygen atoms in total. The third-order valence-corrected chi connectivity index (χ3v) is 4.97. The molecule has 0 aliphatic rings. The summed E-state index contributed by atoms with van der Waals surface area (Å²) in [5, 5.41) is 30.2. The van der Waals surface area contributed by atoms with Crippen molar-refractivity contribution in [1.29, 1.82) is 5.41 Å². The molecule has 6 N–H and O–H groups in total. The summed E-state index contributed by atoms with van der Waals surface area (Å²) in [4.78, 5) is 13.2. The summed E-state index contributed by atoms with van der Waals surface area (Å²) in [7, 11) is 0. The molecule has 0 radical (unpaired) electrons. The number of nitrogens with one attached hydrogen (secondary N) is 2. The van der Waals surface area contributed by atoms with Crippen molar-refractivity contribution in [2.75, 3.05) is 5.32 Å². The van der Waals surface area contributed by atoms with Crippen molar-refractivity contribution in [2.45, 2.75) is 6.10 Å². The Morgan fingerprint density at radius 3 is 2.21 bits per heavy atom. The summed E-state index contributed by atoms with van der Waals surface area (Å²) in [6, 6.07) is 25.2. The molecular formula is C25H22N4O4. The smallest absolute Gasteiger partial charge is 0.270 e. The average molecular weight is 442 g/mol. The Labute approximate surface area is 190 Å². The molecule has 1 amide bonds. The van der Waals surface area contributed by atoms with Gasteiger partial charge in [0.1, 0.15) is 11.6 Å². The molecule has 4 aromatic rings. The molecule has 1 unspecified atom stereocenters. The van der Waals surface area contributed by atoms with E-state index < -0.39 is 12.0 Å². The standard InChI is InChI=1S/C25H22N4O4/c26-24(27)17-7-4-8-20(15-17)33-23(16-5-2-1-3-6-16)25(32)28-18-9-11-19(12-10-18)29-21(30)13-14-22(29)31/h1-15,23,30-31H,(H3,26,27)(H,28,32). The van der Waals surface area contributed by atoms with Crippen LogP contribution >= 0.6 is 0 Å². The third-order valence-electron chi connectivity index (χ3n) is 4.97. The van der Waals surface area contributed by atoms with Gasteiger partial charge in [-0.25, -0.2) is 0 Å². The average Bonchev–Trinajstić information content (AvgIpc) is 3.16. The Morgan fingerprint density at radius 2 is 1.58 bits per heavy atom. The number of aromatic nitrogens is 1. The number of anilines is 1. The molecule has 0 bridgehead atoms. The molecule has 0 aliphatic carbocycles. The Kier molecular flexibility index (Phi) is 5.99. The number of ether oxygens (including phenoxy) is 1. The molecule has 8 heteroatoms. The van der Waals surface area contributed by atoms with Gasteiger partial charge in [0, 0.05) is 28.9 Å². The first-order valence-corrected chi connectivity index (χ1v) is 10.1. The van der Waals surface area contributed by atoms with Gasteiger partial charge in [0.25, 0.3) is 5.91 Å². The summed E-state index contributed by atoms with van der Waals surface area (Å²) in [5.74, 6) is -0.292. The molecule has 0 saturated heterocycles. The lowest BCUT2D eigenvalue weighted by Crippen LogP contribution is -2.25. The number of rotatable bonds is 7. The third kappa shape index (κ3) is 4.80. The number of amides is 1. The van der Waals surface area contributed by atoms with Gasteiger partial charge in [0.2, 0.25) is 6.10 Å². The summed E-state index contributed by atoms with van der Waals surface area (Å²) >= 11 is 0. The lowest BCUT2D eigenvalue weighted by molar-refractivity contribution is -0.123. The van der Waals surface area contributed by atoms with Gasteiger partial charge in [-0.15, -0.1) is 0 Å². The molecule has 0 aliphatic heterocycles. The van der Waals surface area contributed by atoms with Crippen LogP contribution in [0.3, 0.4) is 0 Å². The molecule has 0 spiro atoms. The Hall–Kier alpha value is -4.72. The molecule has 1 heterocycles. The minimum atomic E-state index is -0.953. The zero-order chi connectivity index (χ0) is 23.4. The number of nitrogen functional groups attached to an aromatic ring is 1. The SMILES string of the molecule is N=C(N)c1cccc(OC(C(=O)Nc2ccc(-n3c(O)ccc3O)cc2)c2ccccc2)c1. The highest BCUT2D eigenvalue weighted by Gasteiger charge is 2.23. The van der Waals surface area contributed by atoms with Crippen molar-refractivity contribution in [3.63, 3.8) is 0 Å². The fourth-order valence-corrected chi connectivity index (χ4v) is 3.36. The molecule has 3 aromatic carbocycles. The van der Waals surface area contributed by atoms with Crippen molar-refractivity contribution in [2.24, 2.45) is 5.73 Å². The van der Waals surface area contributed by atoms with Gasteiger partial charge in [-0.2, -0.15) is 0 Å². The second-order valence-corrected chi connectivity index (χ2v) is 7.27. The van der Waals surface area contributed by atoms with Crippen molar-refractivity contribution in [1.82, 2.24) is 4.57 Å². The van der Waals surface area contributed by atoms with E-state index in [9.17, 15) is 15.0 Å². The van der Waals surface area contributed by atoms with E-state index in [2.05, 4.69) is 5.32 Å². The minimum absolute atomic E-state index is 0.0963. The van der Waals surface area contributed by atoms with Gasteiger partial charge in [0.05, 0.1) is 5.69 Å². The van der Waals surface area contributed by atoms with E-state index in [1.165, 1.54) is 16.7 Å². The van der Waals surface area contributed by atoms with Crippen LogP contribution in [0.5, 0.6) is 17.5 Å². The number of carbonyl (C=O) groups excluding carboxylic acids is 1. The normalized spacial score (nSPS) is 11.5. The van der Waals surface area contributed by atoms with Crippen LogP contribution in [0.25, 0.3) is 5.69 Å². The number of amidine groups is 1. The Bertz CT molecular complexity index is 1260. The molecular weight excluding hydrogens is 420 g/mol. The first kappa shape index (κ1) is 21.5. The predicted molar refractivity (Wildman–Crippen MR) is 125 cm³/mol. The van der Waals surface area contributed by atoms with Crippen LogP contribution in [0.1, 0.15) is 17.2 Å². The number of aromatic hydroxyl groups is 2. The largest absolute Gasteiger partial charge is 0.494 e. The number of hydrogen-bond donors (Lipinski definition) is 5. The predicted octanol–water partition coefficient (Wildman–Crippen LogP) is 3.93. The van der Waals surface area contributed by atoms with Crippen LogP contribution in [0, 0.1) is 5.41 Å². The molecule has 0 saturated carbocycles. The lowest BCUT2D eigenvalue weighted by Gasteiger charge is -2.20. The minimum Gasteiger partial charge on any atom is -0.494 e. The maximum atomic E-state index is 13.2. The van der Waals surface area contributed by atoms with Crippen LogP contribution in [0.4, 0.5) is 5.69 Å². The van der Waals surface area contributed by atoms with E-state index in [-0.39, 0.29) is 17.6 Å².